The molecule has 5 rings (SSSR count). The summed E-state index contributed by atoms with van der Waals surface area (Å²) in [6.45, 7) is 1.75. The Morgan fingerprint density at radius 1 is 0.897 bits per heavy atom. The maximum atomic E-state index is 13.9. The Kier molecular flexibility index (Phi) is 4.86. The molecule has 3 aromatic carbocycles. The number of fused-ring (bicyclic) bond motifs is 3. The van der Waals surface area contributed by atoms with E-state index < -0.39 is 0 Å². The molecule has 1 aliphatic heterocycles. The van der Waals surface area contributed by atoms with Gasteiger partial charge in [-0.2, -0.15) is 0 Å². The third-order valence-electron chi connectivity index (χ3n) is 5.35. The van der Waals surface area contributed by atoms with Gasteiger partial charge in [0.25, 0.3) is 0 Å². The molecule has 1 N–H and O–H groups in total. The lowest BCUT2D eigenvalue weighted by atomic mass is 10.1. The Morgan fingerprint density at radius 3 is 2.14 bits per heavy atom. The van der Waals surface area contributed by atoms with Crippen molar-refractivity contribution in [3.05, 3.63) is 77.3 Å². The average molecular weight is 430 g/mol. The van der Waals surface area contributed by atoms with Crippen molar-refractivity contribution in [2.45, 2.75) is 12.5 Å². The van der Waals surface area contributed by atoms with Gasteiger partial charge in [-0.05, 0) is 67.1 Å². The topological polar surface area (TPSA) is 20.2 Å². The summed E-state index contributed by atoms with van der Waals surface area (Å²) < 4.78 is 35.6. The number of nitrogens with one attached hydrogen (secondary N) is 1. The molecule has 1 aromatic heterocycles. The van der Waals surface area contributed by atoms with Crippen LogP contribution in [0, 0.1) is 11.6 Å². The molecule has 0 amide bonds. The van der Waals surface area contributed by atoms with Crippen molar-refractivity contribution < 1.29 is 8.78 Å². The van der Waals surface area contributed by atoms with E-state index in [0.29, 0.717) is 5.02 Å². The van der Waals surface area contributed by atoms with Gasteiger partial charge in [-0.15, -0.1) is 0 Å². The predicted octanol–water partition coefficient (Wildman–Crippen LogP) is 6.65. The smallest absolute Gasteiger partial charge is 0.123 e. The number of aromatic nitrogens is 1. The molecule has 1 fully saturated rings. The van der Waals surface area contributed by atoms with Crippen LogP contribution in [0.3, 0.4) is 0 Å². The number of rotatable bonds is 4. The van der Waals surface area contributed by atoms with E-state index in [1.54, 1.807) is 24.3 Å². The van der Waals surface area contributed by atoms with Gasteiger partial charge in [-0.3, -0.25) is 0 Å². The molecule has 0 radical (unpaired) electrons. The van der Waals surface area contributed by atoms with Crippen LogP contribution in [0.1, 0.15) is 12.5 Å². The van der Waals surface area contributed by atoms with Crippen LogP contribution in [0.15, 0.2) is 60.7 Å². The second kappa shape index (κ2) is 7.52. The molecule has 1 atom stereocenters. The number of nitrogens with zero attached hydrogens (tertiary/aromatic N) is 2. The number of benzene rings is 3. The molecule has 29 heavy (non-hydrogen) atoms. The summed E-state index contributed by atoms with van der Waals surface area (Å²) in [6, 6.07) is 17.3. The summed E-state index contributed by atoms with van der Waals surface area (Å²) in [6.07, 6.45) is 0.961. The third kappa shape index (κ3) is 3.56. The average Bonchev–Trinajstić information content (AvgIpc) is 3.29. The van der Waals surface area contributed by atoms with Crippen LogP contribution in [-0.4, -0.2) is 22.0 Å². The second-order valence-electron chi connectivity index (χ2n) is 7.22. The first-order valence-corrected chi connectivity index (χ1v) is 10.6. The van der Waals surface area contributed by atoms with Crippen LogP contribution in [0.4, 0.5) is 14.5 Å². The first-order chi connectivity index (χ1) is 14.1. The summed E-state index contributed by atoms with van der Waals surface area (Å²) in [4.78, 5) is 0. The van der Waals surface area contributed by atoms with E-state index >= 15 is 0 Å². The first-order valence-electron chi connectivity index (χ1n) is 9.41. The Hall–Kier alpha value is -2.28. The first kappa shape index (κ1) is 18.7. The van der Waals surface area contributed by atoms with Gasteiger partial charge >= 0.3 is 0 Å². The van der Waals surface area contributed by atoms with Crippen molar-refractivity contribution in [1.29, 1.82) is 0 Å². The molecule has 0 saturated carbocycles. The molecule has 7 heteroatoms. The molecule has 2 heterocycles. The van der Waals surface area contributed by atoms with Gasteiger partial charge in [-0.1, -0.05) is 11.6 Å². The fourth-order valence-electron chi connectivity index (χ4n) is 4.03. The molecular weight excluding hydrogens is 412 g/mol. The van der Waals surface area contributed by atoms with Crippen LogP contribution < -0.4 is 4.72 Å². The highest BCUT2D eigenvalue weighted by atomic mass is 35.5. The van der Waals surface area contributed by atoms with Crippen LogP contribution in [0.5, 0.6) is 0 Å². The minimum atomic E-state index is -0.309. The van der Waals surface area contributed by atoms with E-state index in [2.05, 4.69) is 13.6 Å². The van der Waals surface area contributed by atoms with Gasteiger partial charge in [0.2, 0.25) is 0 Å². The SMILES string of the molecule is Fc1ccc2c(c1)c1cc(F)ccc1n2[C@H]1CCN(SNc2ccc(Cl)cc2)C1. The third-order valence-corrected chi connectivity index (χ3v) is 6.52. The van der Waals surface area contributed by atoms with Crippen molar-refractivity contribution in [2.75, 3.05) is 17.8 Å². The van der Waals surface area contributed by atoms with Crippen LogP contribution in [0.2, 0.25) is 5.02 Å². The summed E-state index contributed by atoms with van der Waals surface area (Å²) >= 11 is 7.50. The summed E-state index contributed by atoms with van der Waals surface area (Å²) in [5.41, 5.74) is 2.87. The zero-order valence-electron chi connectivity index (χ0n) is 15.4. The molecule has 0 aliphatic carbocycles. The van der Waals surface area contributed by atoms with Gasteiger partial charge in [0.1, 0.15) is 11.6 Å². The highest BCUT2D eigenvalue weighted by molar-refractivity contribution is 7.98. The highest BCUT2D eigenvalue weighted by Gasteiger charge is 2.27. The van der Waals surface area contributed by atoms with E-state index in [-0.39, 0.29) is 17.7 Å². The quantitative estimate of drug-likeness (QED) is 0.367. The lowest BCUT2D eigenvalue weighted by Crippen LogP contribution is -2.16. The molecule has 0 unspecified atom stereocenters. The Balaban J connectivity index is 1.42. The molecule has 148 valence electrons. The predicted molar refractivity (Wildman–Crippen MR) is 117 cm³/mol. The van der Waals surface area contributed by atoms with Crippen molar-refractivity contribution in [2.24, 2.45) is 0 Å². The van der Waals surface area contributed by atoms with Gasteiger partial charge < -0.3 is 9.29 Å². The fraction of sp³-hybridized carbons (Fsp3) is 0.182. The Bertz CT molecular complexity index is 1130. The molecule has 3 nitrogen and oxygen atoms in total. The molecule has 1 aliphatic rings. The van der Waals surface area contributed by atoms with Gasteiger partial charge in [0, 0.05) is 63.8 Å². The van der Waals surface area contributed by atoms with Crippen LogP contribution in [0.25, 0.3) is 21.8 Å². The lowest BCUT2D eigenvalue weighted by Gasteiger charge is -2.18. The van der Waals surface area contributed by atoms with Crippen molar-refractivity contribution in [3.8, 4) is 0 Å². The van der Waals surface area contributed by atoms with Gasteiger partial charge in [0.15, 0.2) is 0 Å². The second-order valence-corrected chi connectivity index (χ2v) is 8.56. The minimum absolute atomic E-state index is 0.227. The number of anilines is 1. The number of halogens is 3. The maximum Gasteiger partial charge on any atom is 0.123 e. The zero-order valence-corrected chi connectivity index (χ0v) is 17.0. The fourth-order valence-corrected chi connectivity index (χ4v) is 4.97. The molecule has 1 saturated heterocycles. The van der Waals surface area contributed by atoms with Gasteiger partial charge in [-0.25, -0.2) is 13.1 Å². The zero-order chi connectivity index (χ0) is 20.0. The van der Waals surface area contributed by atoms with Crippen LogP contribution >= 0.6 is 23.7 Å². The van der Waals surface area contributed by atoms with Crippen molar-refractivity contribution in [3.63, 3.8) is 0 Å². The summed E-state index contributed by atoms with van der Waals surface area (Å²) in [5, 5.41) is 2.22. The van der Waals surface area contributed by atoms with E-state index in [9.17, 15) is 8.78 Å². The van der Waals surface area contributed by atoms with Crippen molar-refractivity contribution >= 4 is 51.2 Å². The number of hydrogen-bond donors (Lipinski definition) is 1. The minimum Gasteiger partial charge on any atom is -0.336 e. The van der Waals surface area contributed by atoms with E-state index in [1.807, 2.05) is 24.3 Å². The monoisotopic (exact) mass is 429 g/mol. The van der Waals surface area contributed by atoms with E-state index in [4.69, 9.17) is 11.6 Å². The molecule has 4 aromatic rings. The Labute approximate surface area is 176 Å². The normalized spacial score (nSPS) is 17.4. The largest absolute Gasteiger partial charge is 0.336 e. The number of hydrogen-bond acceptors (Lipinski definition) is 3. The lowest BCUT2D eigenvalue weighted by molar-refractivity contribution is 0.524. The highest BCUT2D eigenvalue weighted by Crippen LogP contribution is 2.37. The van der Waals surface area contributed by atoms with Crippen molar-refractivity contribution in [1.82, 2.24) is 8.87 Å². The van der Waals surface area contributed by atoms with Crippen LogP contribution in [-0.2, 0) is 0 Å². The van der Waals surface area contributed by atoms with E-state index in [0.717, 1.165) is 47.0 Å². The molecular formula is C22H18ClF2N3S. The Morgan fingerprint density at radius 2 is 1.52 bits per heavy atom. The van der Waals surface area contributed by atoms with E-state index in [1.165, 1.54) is 24.3 Å². The summed E-state index contributed by atoms with van der Waals surface area (Å²) in [7, 11) is 0. The molecule has 0 spiro atoms. The van der Waals surface area contributed by atoms with Gasteiger partial charge in [0.05, 0.1) is 0 Å². The summed E-state index contributed by atoms with van der Waals surface area (Å²) in [5.74, 6) is -0.617. The standard InChI is InChI=1S/C22H18ClF2N3S/c23-14-1-5-17(6-2-14)26-29-27-10-9-18(13-27)28-21-7-3-15(24)11-19(21)20-12-16(25)4-8-22(20)28/h1-8,11-12,18,26H,9-10,13H2/t18-/m0/s1. The maximum absolute atomic E-state index is 13.9. The molecule has 0 bridgehead atoms.